The number of carbonyl (C=O) groups is 1. The molecule has 1 aliphatic heterocycles. The predicted molar refractivity (Wildman–Crippen MR) is 94.7 cm³/mol. The van der Waals surface area contributed by atoms with Gasteiger partial charge in [-0.05, 0) is 32.5 Å². The minimum absolute atomic E-state index is 0.0795. The van der Waals surface area contributed by atoms with Crippen molar-refractivity contribution in [1.82, 2.24) is 19.8 Å². The normalized spacial score (nSPS) is 18.2. The van der Waals surface area contributed by atoms with E-state index in [1.807, 2.05) is 44.3 Å². The van der Waals surface area contributed by atoms with E-state index < -0.39 is 0 Å². The summed E-state index contributed by atoms with van der Waals surface area (Å²) in [6.45, 7) is 5.71. The van der Waals surface area contributed by atoms with Crippen LogP contribution in [0.2, 0.25) is 0 Å². The van der Waals surface area contributed by atoms with E-state index in [2.05, 4.69) is 32.9 Å². The zero-order valence-electron chi connectivity index (χ0n) is 14.7. The van der Waals surface area contributed by atoms with E-state index in [1.54, 1.807) is 0 Å². The first-order valence-corrected chi connectivity index (χ1v) is 8.66. The highest BCUT2D eigenvalue weighted by Gasteiger charge is 2.28. The van der Waals surface area contributed by atoms with Crippen molar-refractivity contribution in [3.8, 4) is 0 Å². The molecule has 3 rings (SSSR count). The molecule has 0 saturated carbocycles. The van der Waals surface area contributed by atoms with Crippen LogP contribution in [-0.4, -0.2) is 40.0 Å². The van der Waals surface area contributed by atoms with Crippen LogP contribution in [0.15, 0.2) is 36.5 Å². The summed E-state index contributed by atoms with van der Waals surface area (Å²) >= 11 is 0. The molecule has 5 nitrogen and oxygen atoms in total. The quantitative estimate of drug-likeness (QED) is 0.917. The molecule has 5 heteroatoms. The topological polar surface area (TPSA) is 50.2 Å². The van der Waals surface area contributed by atoms with Gasteiger partial charge in [0.15, 0.2) is 0 Å². The lowest BCUT2D eigenvalue weighted by atomic mass is 10.0. The van der Waals surface area contributed by atoms with Gasteiger partial charge in [0.25, 0.3) is 0 Å². The summed E-state index contributed by atoms with van der Waals surface area (Å²) < 4.78 is 2.17. The minimum Gasteiger partial charge on any atom is -0.350 e. The number of aryl methyl sites for hydroxylation is 2. The number of likely N-dealkylation sites (N-methyl/N-ethyl adjacent to an activating group) is 1. The summed E-state index contributed by atoms with van der Waals surface area (Å²) in [5, 5.41) is 3.25. The molecule has 0 unspecified atom stereocenters. The first kappa shape index (κ1) is 16.7. The first-order chi connectivity index (χ1) is 11.6. The third-order valence-electron chi connectivity index (χ3n) is 4.76. The largest absolute Gasteiger partial charge is 0.350 e. The van der Waals surface area contributed by atoms with Gasteiger partial charge < -0.3 is 9.88 Å². The van der Waals surface area contributed by atoms with E-state index in [9.17, 15) is 4.79 Å². The summed E-state index contributed by atoms with van der Waals surface area (Å²) in [6.07, 6.45) is 3.93. The standard InChI is InChI=1S/C19H26N4O/c1-4-22(3)18(15-8-6-5-7-9-15)19(24)21-16-10-11-17-20-14(2)12-23(17)13-16/h5-9,12,16,18H,4,10-11,13H2,1-3H3,(H,21,24)/t16-,18-/m0/s1. The van der Waals surface area contributed by atoms with Crippen molar-refractivity contribution in [3.63, 3.8) is 0 Å². The number of fused-ring (bicyclic) bond motifs is 1. The van der Waals surface area contributed by atoms with Gasteiger partial charge in [-0.1, -0.05) is 37.3 Å². The van der Waals surface area contributed by atoms with Gasteiger partial charge >= 0.3 is 0 Å². The van der Waals surface area contributed by atoms with Crippen LogP contribution in [0.3, 0.4) is 0 Å². The third kappa shape index (κ3) is 3.51. The van der Waals surface area contributed by atoms with E-state index in [0.29, 0.717) is 0 Å². The fourth-order valence-corrected chi connectivity index (χ4v) is 3.41. The monoisotopic (exact) mass is 326 g/mol. The van der Waals surface area contributed by atoms with Crippen LogP contribution in [-0.2, 0) is 17.8 Å². The molecule has 1 N–H and O–H groups in total. The molecule has 0 radical (unpaired) electrons. The van der Waals surface area contributed by atoms with Gasteiger partial charge in [0.05, 0.1) is 5.69 Å². The van der Waals surface area contributed by atoms with E-state index in [4.69, 9.17) is 0 Å². The zero-order chi connectivity index (χ0) is 17.1. The number of rotatable bonds is 5. The van der Waals surface area contributed by atoms with E-state index in [-0.39, 0.29) is 18.0 Å². The molecular weight excluding hydrogens is 300 g/mol. The number of hydrogen-bond donors (Lipinski definition) is 1. The second kappa shape index (κ2) is 7.18. The van der Waals surface area contributed by atoms with Crippen molar-refractivity contribution >= 4 is 5.91 Å². The number of benzene rings is 1. The number of nitrogens with zero attached hydrogens (tertiary/aromatic N) is 3. The zero-order valence-corrected chi connectivity index (χ0v) is 14.7. The highest BCUT2D eigenvalue weighted by Crippen LogP contribution is 2.21. The Hall–Kier alpha value is -2.14. The lowest BCUT2D eigenvalue weighted by molar-refractivity contribution is -0.127. The molecule has 1 amide bonds. The number of imidazole rings is 1. The molecule has 0 bridgehead atoms. The molecule has 2 atom stereocenters. The van der Waals surface area contributed by atoms with Crippen LogP contribution < -0.4 is 5.32 Å². The van der Waals surface area contributed by atoms with Crippen molar-refractivity contribution in [2.75, 3.05) is 13.6 Å². The van der Waals surface area contributed by atoms with Gasteiger partial charge in [0.1, 0.15) is 11.9 Å². The van der Waals surface area contributed by atoms with Gasteiger partial charge in [-0.15, -0.1) is 0 Å². The molecule has 1 aromatic carbocycles. The number of hydrogen-bond acceptors (Lipinski definition) is 3. The molecule has 0 saturated heterocycles. The maximum absolute atomic E-state index is 13.0. The second-order valence-electron chi connectivity index (χ2n) is 6.58. The Morgan fingerprint density at radius 3 is 2.88 bits per heavy atom. The molecule has 2 aromatic rings. The average Bonchev–Trinajstić information content (AvgIpc) is 2.95. The van der Waals surface area contributed by atoms with Crippen LogP contribution in [0, 0.1) is 6.92 Å². The predicted octanol–water partition coefficient (Wildman–Crippen LogP) is 2.32. The van der Waals surface area contributed by atoms with Crippen LogP contribution in [0.5, 0.6) is 0 Å². The summed E-state index contributed by atoms with van der Waals surface area (Å²) in [6, 6.07) is 9.91. The van der Waals surface area contributed by atoms with Crippen molar-refractivity contribution in [3.05, 3.63) is 53.6 Å². The lowest BCUT2D eigenvalue weighted by Gasteiger charge is -2.30. The van der Waals surface area contributed by atoms with Gasteiger partial charge in [-0.25, -0.2) is 4.98 Å². The summed E-state index contributed by atoms with van der Waals surface area (Å²) in [7, 11) is 2.00. The molecule has 24 heavy (non-hydrogen) atoms. The Morgan fingerprint density at radius 2 is 2.17 bits per heavy atom. The summed E-state index contributed by atoms with van der Waals surface area (Å²) in [4.78, 5) is 19.6. The molecule has 2 heterocycles. The van der Waals surface area contributed by atoms with Crippen LogP contribution in [0.1, 0.15) is 36.5 Å². The van der Waals surface area contributed by atoms with E-state index in [1.165, 1.54) is 0 Å². The third-order valence-corrected chi connectivity index (χ3v) is 4.76. The second-order valence-corrected chi connectivity index (χ2v) is 6.58. The Balaban J connectivity index is 1.72. The van der Waals surface area contributed by atoms with Gasteiger partial charge in [0.2, 0.25) is 5.91 Å². The van der Waals surface area contributed by atoms with Gasteiger partial charge in [-0.2, -0.15) is 0 Å². The van der Waals surface area contributed by atoms with Gasteiger partial charge in [0, 0.05) is 25.2 Å². The number of aromatic nitrogens is 2. The Bertz CT molecular complexity index is 695. The molecule has 0 fully saturated rings. The maximum Gasteiger partial charge on any atom is 0.242 e. The number of amides is 1. The average molecular weight is 326 g/mol. The lowest BCUT2D eigenvalue weighted by Crippen LogP contribution is -2.46. The van der Waals surface area contributed by atoms with Crippen LogP contribution in [0.4, 0.5) is 0 Å². The summed E-state index contributed by atoms with van der Waals surface area (Å²) in [5.74, 6) is 1.21. The van der Waals surface area contributed by atoms with E-state index in [0.717, 1.165) is 43.0 Å². The van der Waals surface area contributed by atoms with E-state index >= 15 is 0 Å². The molecular formula is C19H26N4O. The van der Waals surface area contributed by atoms with Crippen molar-refractivity contribution in [2.24, 2.45) is 0 Å². The van der Waals surface area contributed by atoms with Crippen LogP contribution >= 0.6 is 0 Å². The Labute approximate surface area is 143 Å². The fraction of sp³-hybridized carbons (Fsp3) is 0.474. The SMILES string of the molecule is CCN(C)[C@H](C(=O)N[C@H]1CCc2nc(C)cn2C1)c1ccccc1. The molecule has 0 spiro atoms. The molecule has 1 aliphatic rings. The molecule has 1 aromatic heterocycles. The van der Waals surface area contributed by atoms with Crippen molar-refractivity contribution < 1.29 is 4.79 Å². The highest BCUT2D eigenvalue weighted by atomic mass is 16.2. The minimum atomic E-state index is -0.248. The van der Waals surface area contributed by atoms with Crippen molar-refractivity contribution in [2.45, 2.75) is 45.3 Å². The van der Waals surface area contributed by atoms with Crippen LogP contribution in [0.25, 0.3) is 0 Å². The van der Waals surface area contributed by atoms with Gasteiger partial charge in [-0.3, -0.25) is 9.69 Å². The first-order valence-electron chi connectivity index (χ1n) is 8.66. The maximum atomic E-state index is 13.0. The smallest absolute Gasteiger partial charge is 0.242 e. The number of carbonyl (C=O) groups excluding carboxylic acids is 1. The fourth-order valence-electron chi connectivity index (χ4n) is 3.41. The summed E-state index contributed by atoms with van der Waals surface area (Å²) in [5.41, 5.74) is 2.08. The van der Waals surface area contributed by atoms with Crippen molar-refractivity contribution in [1.29, 1.82) is 0 Å². The molecule has 128 valence electrons. The highest BCUT2D eigenvalue weighted by molar-refractivity contribution is 5.83. The number of nitrogens with one attached hydrogen (secondary N) is 1. The Kier molecular flexibility index (Phi) is 5.00. The Morgan fingerprint density at radius 1 is 1.42 bits per heavy atom. The molecule has 0 aliphatic carbocycles.